The average Bonchev–Trinajstić information content (AvgIpc) is 2.18. The number of halogens is 5. The Morgan fingerprint density at radius 3 is 1.75 bits per heavy atom. The van der Waals surface area contributed by atoms with Crippen LogP contribution in [0.2, 0.25) is 0 Å². The van der Waals surface area contributed by atoms with Crippen molar-refractivity contribution >= 4 is 58.0 Å². The second-order valence-corrected chi connectivity index (χ2v) is 6.83. The fourth-order valence-electron chi connectivity index (χ4n) is 2.10. The molecule has 0 aromatic carbocycles. The standard InChI is InChI=1S/C7H7Cl5/c8-4-3-5(9)1-2-6(4,10)7(5,11)12/h4H,1-3H2. The van der Waals surface area contributed by atoms with E-state index >= 15 is 0 Å². The first-order valence-corrected chi connectivity index (χ1v) is 5.68. The second kappa shape index (κ2) is 2.52. The maximum Gasteiger partial charge on any atom is 0.157 e. The van der Waals surface area contributed by atoms with Crippen LogP contribution < -0.4 is 0 Å². The van der Waals surface area contributed by atoms with Gasteiger partial charge in [-0.05, 0) is 19.3 Å². The summed E-state index contributed by atoms with van der Waals surface area (Å²) >= 11 is 30.8. The minimum Gasteiger partial charge on any atom is -0.121 e. The van der Waals surface area contributed by atoms with Crippen LogP contribution in [0.15, 0.2) is 0 Å². The van der Waals surface area contributed by atoms with Crippen molar-refractivity contribution in [2.45, 2.75) is 38.7 Å². The number of alkyl halides is 5. The predicted molar refractivity (Wildman–Crippen MR) is 55.1 cm³/mol. The van der Waals surface area contributed by atoms with Gasteiger partial charge in [-0.3, -0.25) is 0 Å². The molecule has 2 bridgehead atoms. The van der Waals surface area contributed by atoms with Gasteiger partial charge in [0, 0.05) is 0 Å². The van der Waals surface area contributed by atoms with Gasteiger partial charge in [-0.1, -0.05) is 23.2 Å². The molecule has 3 atom stereocenters. The van der Waals surface area contributed by atoms with Crippen molar-refractivity contribution in [3.05, 3.63) is 0 Å². The Morgan fingerprint density at radius 2 is 1.58 bits per heavy atom. The van der Waals surface area contributed by atoms with E-state index in [1.54, 1.807) is 0 Å². The molecule has 0 aromatic rings. The van der Waals surface area contributed by atoms with Crippen molar-refractivity contribution in [1.82, 2.24) is 0 Å². The molecular formula is C7H7Cl5. The molecule has 12 heavy (non-hydrogen) atoms. The Kier molecular flexibility index (Phi) is 2.10. The topological polar surface area (TPSA) is 0 Å². The molecule has 5 heteroatoms. The predicted octanol–water partition coefficient (Wildman–Crippen LogP) is 3.92. The Labute approximate surface area is 96.4 Å². The third-order valence-corrected chi connectivity index (χ3v) is 6.76. The Bertz CT molecular complexity index is 225. The second-order valence-electron chi connectivity index (χ2n) is 3.57. The maximum absolute atomic E-state index is 6.25. The highest BCUT2D eigenvalue weighted by molar-refractivity contribution is 6.60. The lowest BCUT2D eigenvalue weighted by Gasteiger charge is -2.30. The van der Waals surface area contributed by atoms with Crippen molar-refractivity contribution in [1.29, 1.82) is 0 Å². The summed E-state index contributed by atoms with van der Waals surface area (Å²) in [5.41, 5.74) is 0. The first kappa shape index (κ1) is 9.98. The summed E-state index contributed by atoms with van der Waals surface area (Å²) in [5, 5.41) is -0.222. The maximum atomic E-state index is 6.25. The van der Waals surface area contributed by atoms with Gasteiger partial charge < -0.3 is 0 Å². The third kappa shape index (κ3) is 0.892. The molecule has 0 amide bonds. The first-order valence-electron chi connectivity index (χ1n) is 3.73. The van der Waals surface area contributed by atoms with E-state index in [1.165, 1.54) is 0 Å². The molecule has 2 saturated carbocycles. The quantitative estimate of drug-likeness (QED) is 0.584. The van der Waals surface area contributed by atoms with E-state index in [0.29, 0.717) is 12.8 Å². The number of rotatable bonds is 0. The van der Waals surface area contributed by atoms with Gasteiger partial charge in [0.2, 0.25) is 0 Å². The molecule has 0 saturated heterocycles. The van der Waals surface area contributed by atoms with Crippen LogP contribution in [0.3, 0.4) is 0 Å². The zero-order valence-electron chi connectivity index (χ0n) is 6.09. The molecule has 2 rings (SSSR count). The third-order valence-electron chi connectivity index (χ3n) is 2.97. The van der Waals surface area contributed by atoms with Crippen molar-refractivity contribution in [3.8, 4) is 0 Å². The SMILES string of the molecule is ClC1CC2(Cl)CCC1(Cl)C2(Cl)Cl. The summed E-state index contributed by atoms with van der Waals surface area (Å²) in [6.07, 6.45) is 2.03. The number of fused-ring (bicyclic) bond motifs is 2. The molecule has 0 radical (unpaired) electrons. The van der Waals surface area contributed by atoms with Crippen molar-refractivity contribution in [2.24, 2.45) is 0 Å². The van der Waals surface area contributed by atoms with Crippen LogP contribution in [0.5, 0.6) is 0 Å². The smallest absolute Gasteiger partial charge is 0.121 e. The van der Waals surface area contributed by atoms with Crippen molar-refractivity contribution in [2.75, 3.05) is 0 Å². The monoisotopic (exact) mass is 266 g/mol. The molecule has 0 spiro atoms. The number of hydrogen-bond donors (Lipinski definition) is 0. The zero-order valence-corrected chi connectivity index (χ0v) is 9.87. The van der Waals surface area contributed by atoms with E-state index < -0.39 is 14.1 Å². The lowest BCUT2D eigenvalue weighted by atomic mass is 9.99. The van der Waals surface area contributed by atoms with Crippen molar-refractivity contribution < 1.29 is 0 Å². The van der Waals surface area contributed by atoms with Gasteiger partial charge in [-0.25, -0.2) is 0 Å². The Morgan fingerprint density at radius 1 is 1.00 bits per heavy atom. The van der Waals surface area contributed by atoms with Gasteiger partial charge in [0.05, 0.1) is 15.1 Å². The van der Waals surface area contributed by atoms with E-state index in [1.807, 2.05) is 0 Å². The van der Waals surface area contributed by atoms with Gasteiger partial charge in [-0.15, -0.1) is 34.8 Å². The van der Waals surface area contributed by atoms with E-state index in [2.05, 4.69) is 0 Å². The average molecular weight is 268 g/mol. The lowest BCUT2D eigenvalue weighted by Crippen LogP contribution is -2.42. The molecule has 0 aliphatic heterocycles. The molecule has 0 N–H and O–H groups in total. The Hall–Kier alpha value is 1.45. The molecule has 2 aliphatic carbocycles. The number of hydrogen-bond acceptors (Lipinski definition) is 0. The fourth-order valence-corrected chi connectivity index (χ4v) is 4.44. The van der Waals surface area contributed by atoms with Crippen LogP contribution in [-0.2, 0) is 0 Å². The summed E-state index contributed by atoms with van der Waals surface area (Å²) in [7, 11) is 0. The van der Waals surface area contributed by atoms with Gasteiger partial charge in [0.25, 0.3) is 0 Å². The van der Waals surface area contributed by atoms with Crippen LogP contribution in [0, 0.1) is 0 Å². The van der Waals surface area contributed by atoms with E-state index in [-0.39, 0.29) is 5.38 Å². The van der Waals surface area contributed by atoms with E-state index in [0.717, 1.165) is 6.42 Å². The molecule has 0 heterocycles. The normalized spacial score (nSPS) is 56.2. The molecule has 0 nitrogen and oxygen atoms in total. The highest BCUT2D eigenvalue weighted by Gasteiger charge is 2.74. The van der Waals surface area contributed by atoms with Gasteiger partial charge in [0.15, 0.2) is 4.33 Å². The van der Waals surface area contributed by atoms with E-state index in [4.69, 9.17) is 58.0 Å². The lowest BCUT2D eigenvalue weighted by molar-refractivity contribution is 0.524. The minimum absolute atomic E-state index is 0.222. The molecule has 70 valence electrons. The van der Waals surface area contributed by atoms with Crippen molar-refractivity contribution in [3.63, 3.8) is 0 Å². The largest absolute Gasteiger partial charge is 0.157 e. The molecule has 3 unspecified atom stereocenters. The molecular weight excluding hydrogens is 261 g/mol. The van der Waals surface area contributed by atoms with Crippen LogP contribution in [0.1, 0.15) is 19.3 Å². The molecule has 2 aliphatic rings. The van der Waals surface area contributed by atoms with Gasteiger partial charge in [0.1, 0.15) is 0 Å². The van der Waals surface area contributed by atoms with Crippen LogP contribution in [-0.4, -0.2) is 19.5 Å². The highest BCUT2D eigenvalue weighted by Crippen LogP contribution is 2.69. The van der Waals surface area contributed by atoms with Gasteiger partial charge in [-0.2, -0.15) is 0 Å². The fraction of sp³-hybridized carbons (Fsp3) is 1.00. The Balaban J connectivity index is 2.49. The summed E-state index contributed by atoms with van der Waals surface area (Å²) in [5.74, 6) is 0. The summed E-state index contributed by atoms with van der Waals surface area (Å²) in [6.45, 7) is 0. The summed E-state index contributed by atoms with van der Waals surface area (Å²) < 4.78 is -1.09. The van der Waals surface area contributed by atoms with Gasteiger partial charge >= 0.3 is 0 Å². The van der Waals surface area contributed by atoms with Crippen LogP contribution in [0.25, 0.3) is 0 Å². The highest BCUT2D eigenvalue weighted by atomic mass is 35.5. The first-order chi connectivity index (χ1) is 5.33. The summed E-state index contributed by atoms with van der Waals surface area (Å²) in [6, 6.07) is 0. The van der Waals surface area contributed by atoms with Crippen LogP contribution in [0.4, 0.5) is 0 Å². The van der Waals surface area contributed by atoms with E-state index in [9.17, 15) is 0 Å². The minimum atomic E-state index is -1.09. The molecule has 0 aromatic heterocycles. The summed E-state index contributed by atoms with van der Waals surface area (Å²) in [4.78, 5) is -1.36. The zero-order chi connectivity index (χ0) is 9.20. The van der Waals surface area contributed by atoms with Crippen LogP contribution >= 0.6 is 58.0 Å². The molecule has 2 fully saturated rings.